The van der Waals surface area contributed by atoms with Crippen LogP contribution in [0.2, 0.25) is 0 Å². The highest BCUT2D eigenvalue weighted by atomic mass is 16.5. The van der Waals surface area contributed by atoms with Gasteiger partial charge in [-0.25, -0.2) is 0 Å². The summed E-state index contributed by atoms with van der Waals surface area (Å²) in [5.41, 5.74) is 0.130. The first-order valence-corrected chi connectivity index (χ1v) is 4.39. The third kappa shape index (κ3) is 9.08. The van der Waals surface area contributed by atoms with Gasteiger partial charge >= 0.3 is 0 Å². The molecule has 0 bridgehead atoms. The second-order valence-electron chi connectivity index (χ2n) is 4.14. The van der Waals surface area contributed by atoms with E-state index in [0.29, 0.717) is 13.2 Å². The lowest BCUT2D eigenvalue weighted by Gasteiger charge is -2.17. The fourth-order valence-electron chi connectivity index (χ4n) is 0.663. The van der Waals surface area contributed by atoms with Crippen LogP contribution < -0.4 is 5.32 Å². The summed E-state index contributed by atoms with van der Waals surface area (Å²) in [4.78, 5) is 11.1. The predicted octanol–water partition coefficient (Wildman–Crippen LogP) is 1.35. The minimum Gasteiger partial charge on any atom is -0.381 e. The van der Waals surface area contributed by atoms with Gasteiger partial charge in [-0.3, -0.25) is 4.79 Å². The molecule has 0 atom stereocenters. The molecule has 0 aliphatic heterocycles. The van der Waals surface area contributed by atoms with Gasteiger partial charge < -0.3 is 10.1 Å². The van der Waals surface area contributed by atoms with Crippen molar-refractivity contribution in [1.29, 1.82) is 0 Å². The monoisotopic (exact) mass is 185 g/mol. The van der Waals surface area contributed by atoms with Crippen LogP contribution in [0.25, 0.3) is 0 Å². The standard InChI is InChI=1S/C10H19NO2/c1-10(2,3)8-11-9(12)6-5-7-13-4/h5-6H,7-8H2,1-4H3,(H,11,12)/b6-5+. The molecule has 0 rings (SSSR count). The van der Waals surface area contributed by atoms with Crippen LogP contribution in [0.3, 0.4) is 0 Å². The van der Waals surface area contributed by atoms with Crippen molar-refractivity contribution in [1.82, 2.24) is 5.32 Å². The van der Waals surface area contributed by atoms with Crippen molar-refractivity contribution >= 4 is 5.91 Å². The third-order valence-corrected chi connectivity index (χ3v) is 1.33. The van der Waals surface area contributed by atoms with Crippen LogP contribution in [0.1, 0.15) is 20.8 Å². The first-order valence-electron chi connectivity index (χ1n) is 4.39. The summed E-state index contributed by atoms with van der Waals surface area (Å²) in [6.07, 6.45) is 3.19. The Hall–Kier alpha value is -0.830. The normalized spacial score (nSPS) is 12.0. The molecule has 0 saturated heterocycles. The highest BCUT2D eigenvalue weighted by molar-refractivity contribution is 5.87. The summed E-state index contributed by atoms with van der Waals surface area (Å²) in [6.45, 7) is 7.39. The third-order valence-electron chi connectivity index (χ3n) is 1.33. The van der Waals surface area contributed by atoms with E-state index < -0.39 is 0 Å². The minimum absolute atomic E-state index is 0.0630. The van der Waals surface area contributed by atoms with Gasteiger partial charge in [0.1, 0.15) is 0 Å². The summed E-state index contributed by atoms with van der Waals surface area (Å²) >= 11 is 0. The van der Waals surface area contributed by atoms with Crippen molar-refractivity contribution in [3.8, 4) is 0 Å². The largest absolute Gasteiger partial charge is 0.381 e. The second-order valence-corrected chi connectivity index (χ2v) is 4.14. The zero-order valence-electron chi connectivity index (χ0n) is 8.89. The lowest BCUT2D eigenvalue weighted by molar-refractivity contribution is -0.116. The molecule has 0 aliphatic carbocycles. The van der Waals surface area contributed by atoms with E-state index in [-0.39, 0.29) is 11.3 Å². The van der Waals surface area contributed by atoms with Crippen LogP contribution in [0.5, 0.6) is 0 Å². The molecule has 3 heteroatoms. The Morgan fingerprint density at radius 1 is 1.46 bits per heavy atom. The number of rotatable bonds is 4. The van der Waals surface area contributed by atoms with Gasteiger partial charge in [0, 0.05) is 19.7 Å². The number of nitrogens with one attached hydrogen (secondary N) is 1. The molecule has 3 nitrogen and oxygen atoms in total. The molecule has 0 heterocycles. The molecule has 0 aromatic carbocycles. The maximum absolute atomic E-state index is 11.1. The van der Waals surface area contributed by atoms with Gasteiger partial charge in [0.25, 0.3) is 0 Å². The lowest BCUT2D eigenvalue weighted by atomic mass is 9.97. The topological polar surface area (TPSA) is 38.3 Å². The molecule has 0 unspecified atom stereocenters. The highest BCUT2D eigenvalue weighted by Gasteiger charge is 2.09. The van der Waals surface area contributed by atoms with E-state index in [4.69, 9.17) is 4.74 Å². The number of carbonyl (C=O) groups excluding carboxylic acids is 1. The molecule has 13 heavy (non-hydrogen) atoms. The zero-order chi connectivity index (χ0) is 10.3. The van der Waals surface area contributed by atoms with E-state index in [0.717, 1.165) is 0 Å². The molecule has 0 aliphatic rings. The van der Waals surface area contributed by atoms with Crippen LogP contribution in [0.4, 0.5) is 0 Å². The summed E-state index contributed by atoms with van der Waals surface area (Å²) in [5.74, 6) is -0.0630. The van der Waals surface area contributed by atoms with Crippen LogP contribution in [-0.4, -0.2) is 26.2 Å². The Bertz CT molecular complexity index is 180. The molecule has 0 aromatic heterocycles. The number of methoxy groups -OCH3 is 1. The quantitative estimate of drug-likeness (QED) is 0.671. The summed E-state index contributed by atoms with van der Waals surface area (Å²) in [7, 11) is 1.59. The SMILES string of the molecule is COC/C=C/C(=O)NCC(C)(C)C. The number of hydrogen-bond acceptors (Lipinski definition) is 2. The van der Waals surface area contributed by atoms with E-state index in [9.17, 15) is 4.79 Å². The average molecular weight is 185 g/mol. The van der Waals surface area contributed by atoms with E-state index in [2.05, 4.69) is 26.1 Å². The minimum atomic E-state index is -0.0630. The maximum Gasteiger partial charge on any atom is 0.243 e. The Kier molecular flexibility index (Phi) is 5.39. The molecule has 0 fully saturated rings. The molecule has 1 amide bonds. The van der Waals surface area contributed by atoms with Crippen molar-refractivity contribution in [3.63, 3.8) is 0 Å². The van der Waals surface area contributed by atoms with Gasteiger partial charge in [-0.15, -0.1) is 0 Å². The number of amides is 1. The van der Waals surface area contributed by atoms with Gasteiger partial charge in [-0.05, 0) is 5.41 Å². The van der Waals surface area contributed by atoms with Gasteiger partial charge in [-0.2, -0.15) is 0 Å². The molecule has 0 saturated carbocycles. The Labute approximate surface area is 80.2 Å². The zero-order valence-corrected chi connectivity index (χ0v) is 8.89. The fourth-order valence-corrected chi connectivity index (χ4v) is 0.663. The Morgan fingerprint density at radius 3 is 2.54 bits per heavy atom. The van der Waals surface area contributed by atoms with Crippen LogP contribution >= 0.6 is 0 Å². The summed E-state index contributed by atoms with van der Waals surface area (Å²) in [6, 6.07) is 0. The van der Waals surface area contributed by atoms with Gasteiger partial charge in [0.2, 0.25) is 5.91 Å². The molecule has 1 N–H and O–H groups in total. The highest BCUT2D eigenvalue weighted by Crippen LogP contribution is 2.09. The number of ether oxygens (including phenoxy) is 1. The van der Waals surface area contributed by atoms with E-state index in [1.54, 1.807) is 13.2 Å². The van der Waals surface area contributed by atoms with E-state index in [1.165, 1.54) is 6.08 Å². The van der Waals surface area contributed by atoms with Crippen molar-refractivity contribution in [2.75, 3.05) is 20.3 Å². The Balaban J connectivity index is 3.64. The number of hydrogen-bond donors (Lipinski definition) is 1. The lowest BCUT2D eigenvalue weighted by Crippen LogP contribution is -2.30. The van der Waals surface area contributed by atoms with Crippen molar-refractivity contribution in [3.05, 3.63) is 12.2 Å². The molecular formula is C10H19NO2. The van der Waals surface area contributed by atoms with Gasteiger partial charge in [0.15, 0.2) is 0 Å². The van der Waals surface area contributed by atoms with E-state index >= 15 is 0 Å². The van der Waals surface area contributed by atoms with Crippen molar-refractivity contribution in [2.24, 2.45) is 5.41 Å². The number of carbonyl (C=O) groups is 1. The Morgan fingerprint density at radius 2 is 2.08 bits per heavy atom. The fraction of sp³-hybridized carbons (Fsp3) is 0.700. The molecule has 76 valence electrons. The van der Waals surface area contributed by atoms with E-state index in [1.807, 2.05) is 0 Å². The smallest absolute Gasteiger partial charge is 0.243 e. The molecule has 0 aromatic rings. The van der Waals surface area contributed by atoms with Crippen LogP contribution in [0, 0.1) is 5.41 Å². The van der Waals surface area contributed by atoms with Gasteiger partial charge in [0.05, 0.1) is 6.61 Å². The first-order chi connectivity index (χ1) is 5.95. The summed E-state index contributed by atoms with van der Waals surface area (Å²) < 4.78 is 4.77. The average Bonchev–Trinajstić information content (AvgIpc) is 2.00. The second kappa shape index (κ2) is 5.75. The van der Waals surface area contributed by atoms with Crippen molar-refractivity contribution in [2.45, 2.75) is 20.8 Å². The maximum atomic E-state index is 11.1. The molecule has 0 radical (unpaired) electrons. The van der Waals surface area contributed by atoms with Gasteiger partial charge in [-0.1, -0.05) is 26.8 Å². The van der Waals surface area contributed by atoms with Crippen LogP contribution in [0.15, 0.2) is 12.2 Å². The molecular weight excluding hydrogens is 166 g/mol. The molecule has 0 spiro atoms. The first kappa shape index (κ1) is 12.2. The van der Waals surface area contributed by atoms with Crippen LogP contribution in [-0.2, 0) is 9.53 Å². The summed E-state index contributed by atoms with van der Waals surface area (Å²) in [5, 5.41) is 2.80. The predicted molar refractivity (Wildman–Crippen MR) is 53.5 cm³/mol. The van der Waals surface area contributed by atoms with Crippen molar-refractivity contribution < 1.29 is 9.53 Å².